The molecule has 12 heteroatoms. The van der Waals surface area contributed by atoms with E-state index in [2.05, 4.69) is 5.32 Å². The molecule has 1 aliphatic heterocycles. The zero-order chi connectivity index (χ0) is 30.9. The fourth-order valence-corrected chi connectivity index (χ4v) is 5.04. The summed E-state index contributed by atoms with van der Waals surface area (Å²) in [6, 6.07) is 19.3. The van der Waals surface area contributed by atoms with Gasteiger partial charge in [-0.15, -0.1) is 0 Å². The maximum Gasteiger partial charge on any atom is 0.411 e. The Morgan fingerprint density at radius 1 is 0.977 bits per heavy atom. The molecule has 3 aromatic rings. The van der Waals surface area contributed by atoms with E-state index in [-0.39, 0.29) is 38.3 Å². The smallest absolute Gasteiger partial charge is 0.411 e. The summed E-state index contributed by atoms with van der Waals surface area (Å²) in [5, 5.41) is 13.8. The van der Waals surface area contributed by atoms with E-state index in [1.807, 2.05) is 54.6 Å². The number of non-ortho nitro benzene ring substituents is 1. The van der Waals surface area contributed by atoms with Crippen LogP contribution < -0.4 is 11.1 Å². The summed E-state index contributed by atoms with van der Waals surface area (Å²) in [6.45, 7) is 1.80. The Morgan fingerprint density at radius 2 is 1.63 bits per heavy atom. The van der Waals surface area contributed by atoms with Crippen LogP contribution in [0.5, 0.6) is 0 Å². The van der Waals surface area contributed by atoms with Gasteiger partial charge in [0.25, 0.3) is 5.69 Å². The van der Waals surface area contributed by atoms with Gasteiger partial charge in [-0.1, -0.05) is 66.7 Å². The number of rotatable bonds is 11. The van der Waals surface area contributed by atoms with Crippen LogP contribution >= 0.6 is 0 Å². The molecular formula is C31H32N4O8. The molecule has 3 aromatic carbocycles. The molecule has 0 unspecified atom stereocenters. The lowest BCUT2D eigenvalue weighted by Gasteiger charge is -2.36. The number of nitrogens with two attached hydrogens (primary N) is 1. The predicted molar refractivity (Wildman–Crippen MR) is 154 cm³/mol. The third kappa shape index (κ3) is 7.73. The molecule has 3 N–H and O–H groups in total. The van der Waals surface area contributed by atoms with Gasteiger partial charge in [0.15, 0.2) is 0 Å². The number of fused-ring (bicyclic) bond motifs is 1. The van der Waals surface area contributed by atoms with Gasteiger partial charge in [-0.05, 0) is 29.2 Å². The van der Waals surface area contributed by atoms with Crippen molar-refractivity contribution in [2.45, 2.75) is 50.9 Å². The normalized spacial score (nSPS) is 15.4. The van der Waals surface area contributed by atoms with Gasteiger partial charge in [-0.2, -0.15) is 0 Å². The first kappa shape index (κ1) is 30.7. The van der Waals surface area contributed by atoms with Crippen molar-refractivity contribution in [2.75, 3.05) is 6.61 Å². The molecule has 0 aromatic heterocycles. The van der Waals surface area contributed by atoms with Gasteiger partial charge < -0.3 is 20.5 Å². The van der Waals surface area contributed by atoms with Crippen LogP contribution in [-0.4, -0.2) is 52.4 Å². The van der Waals surface area contributed by atoms with Gasteiger partial charge >= 0.3 is 12.1 Å². The number of nitrogens with zero attached hydrogens (tertiary/aromatic N) is 2. The number of carbonyl (C=O) groups is 4. The first-order chi connectivity index (χ1) is 20.7. The minimum atomic E-state index is -1.40. The lowest BCUT2D eigenvalue weighted by molar-refractivity contribution is -0.384. The molecule has 0 bridgehead atoms. The number of amides is 3. The van der Waals surface area contributed by atoms with Crippen LogP contribution in [0.2, 0.25) is 0 Å². The maximum absolute atomic E-state index is 13.8. The van der Waals surface area contributed by atoms with E-state index in [9.17, 15) is 29.3 Å². The quantitative estimate of drug-likeness (QED) is 0.195. The molecule has 12 nitrogen and oxygen atoms in total. The van der Waals surface area contributed by atoms with E-state index in [4.69, 9.17) is 15.2 Å². The number of nitro groups is 1. The van der Waals surface area contributed by atoms with Crippen molar-refractivity contribution in [3.63, 3.8) is 0 Å². The highest BCUT2D eigenvalue weighted by Gasteiger charge is 2.39. The Kier molecular flexibility index (Phi) is 10.0. The molecule has 0 radical (unpaired) electrons. The number of primary amides is 1. The van der Waals surface area contributed by atoms with Crippen molar-refractivity contribution < 1.29 is 33.6 Å². The molecule has 1 heterocycles. The second-order valence-electron chi connectivity index (χ2n) is 10.0. The number of esters is 1. The first-order valence-corrected chi connectivity index (χ1v) is 13.7. The molecule has 0 saturated heterocycles. The molecule has 4 rings (SSSR count). The highest BCUT2D eigenvalue weighted by Crippen LogP contribution is 2.29. The van der Waals surface area contributed by atoms with E-state index in [0.29, 0.717) is 5.56 Å². The maximum atomic E-state index is 13.8. The van der Waals surface area contributed by atoms with Crippen molar-refractivity contribution in [3.05, 3.63) is 111 Å². The second-order valence-corrected chi connectivity index (χ2v) is 10.0. The van der Waals surface area contributed by atoms with Gasteiger partial charge in [0.05, 0.1) is 24.5 Å². The number of nitro benzene ring substituents is 1. The Balaban J connectivity index is 1.61. The minimum Gasteiger partial charge on any atom is -0.466 e. The Bertz CT molecular complexity index is 1480. The van der Waals surface area contributed by atoms with Crippen LogP contribution in [0.1, 0.15) is 41.5 Å². The monoisotopic (exact) mass is 588 g/mol. The molecule has 43 heavy (non-hydrogen) atoms. The second kappa shape index (κ2) is 14.1. The summed E-state index contributed by atoms with van der Waals surface area (Å²) in [6.07, 6.45) is -0.906. The van der Waals surface area contributed by atoms with E-state index >= 15 is 0 Å². The Labute approximate surface area is 247 Å². The van der Waals surface area contributed by atoms with Crippen LogP contribution in [0.25, 0.3) is 0 Å². The van der Waals surface area contributed by atoms with Gasteiger partial charge in [-0.25, -0.2) is 4.79 Å². The number of nitrogens with one attached hydrogen (secondary N) is 1. The third-order valence-electron chi connectivity index (χ3n) is 7.22. The Morgan fingerprint density at radius 3 is 2.26 bits per heavy atom. The van der Waals surface area contributed by atoms with Gasteiger partial charge in [-0.3, -0.25) is 29.4 Å². The highest BCUT2D eigenvalue weighted by atomic mass is 16.6. The third-order valence-corrected chi connectivity index (χ3v) is 7.22. The Hall–Kier alpha value is -5.26. The average Bonchev–Trinajstić information content (AvgIpc) is 3.01. The lowest BCUT2D eigenvalue weighted by atomic mass is 9.87. The van der Waals surface area contributed by atoms with Crippen LogP contribution in [-0.2, 0) is 43.4 Å². The molecule has 3 amide bonds. The lowest BCUT2D eigenvalue weighted by Crippen LogP contribution is -2.57. The van der Waals surface area contributed by atoms with Gasteiger partial charge in [0.2, 0.25) is 11.8 Å². The van der Waals surface area contributed by atoms with E-state index < -0.39 is 46.8 Å². The average molecular weight is 589 g/mol. The highest BCUT2D eigenvalue weighted by molar-refractivity contribution is 5.92. The topological polar surface area (TPSA) is 171 Å². The van der Waals surface area contributed by atoms with E-state index in [1.54, 1.807) is 6.92 Å². The largest absolute Gasteiger partial charge is 0.466 e. The van der Waals surface area contributed by atoms with Crippen LogP contribution in [0, 0.1) is 10.1 Å². The van der Waals surface area contributed by atoms with Crippen LogP contribution in [0.15, 0.2) is 78.9 Å². The SMILES string of the molecule is CCOC(=O)C[C@@H](c1ccc([N+](=O)[O-])cc1)[C@H](NC(=O)[C@@H]1Cc2ccccc2CN1C(=O)OCc1ccccc1)C(N)=O. The zero-order valence-corrected chi connectivity index (χ0v) is 23.5. The summed E-state index contributed by atoms with van der Waals surface area (Å²) >= 11 is 0. The van der Waals surface area contributed by atoms with Crippen molar-refractivity contribution in [2.24, 2.45) is 5.73 Å². The zero-order valence-electron chi connectivity index (χ0n) is 23.5. The number of benzene rings is 3. The van der Waals surface area contributed by atoms with Crippen molar-refractivity contribution >= 4 is 29.6 Å². The van der Waals surface area contributed by atoms with Crippen LogP contribution in [0.3, 0.4) is 0 Å². The number of ether oxygens (including phenoxy) is 2. The standard InChI is InChI=1S/C31H32N4O8/c1-2-42-27(36)17-25(21-12-14-24(15-13-21)35(40)41)28(29(32)37)33-30(38)26-16-22-10-6-7-11-23(22)18-34(26)31(39)43-19-20-8-4-3-5-9-20/h3-15,25-26,28H,2,16-19H2,1H3,(H2,32,37)(H,33,38)/t25-,26-,28-/m0/s1. The summed E-state index contributed by atoms with van der Waals surface area (Å²) in [4.78, 5) is 64.3. The van der Waals surface area contributed by atoms with E-state index in [1.165, 1.54) is 29.2 Å². The number of carbonyl (C=O) groups excluding carboxylic acids is 4. The molecule has 224 valence electrons. The molecule has 0 saturated carbocycles. The molecule has 1 aliphatic rings. The van der Waals surface area contributed by atoms with E-state index in [0.717, 1.165) is 16.7 Å². The van der Waals surface area contributed by atoms with Crippen molar-refractivity contribution in [1.82, 2.24) is 10.2 Å². The predicted octanol–water partition coefficient (Wildman–Crippen LogP) is 3.37. The fourth-order valence-electron chi connectivity index (χ4n) is 5.04. The fraction of sp³-hybridized carbons (Fsp3) is 0.290. The summed E-state index contributed by atoms with van der Waals surface area (Å²) in [5.74, 6) is -3.26. The first-order valence-electron chi connectivity index (χ1n) is 13.7. The van der Waals surface area contributed by atoms with Crippen molar-refractivity contribution in [3.8, 4) is 0 Å². The number of hydrogen-bond donors (Lipinski definition) is 2. The molecule has 0 aliphatic carbocycles. The van der Waals surface area contributed by atoms with Crippen molar-refractivity contribution in [1.29, 1.82) is 0 Å². The van der Waals surface area contributed by atoms with Crippen LogP contribution in [0.4, 0.5) is 10.5 Å². The summed E-state index contributed by atoms with van der Waals surface area (Å²) in [7, 11) is 0. The molecular weight excluding hydrogens is 556 g/mol. The van der Waals surface area contributed by atoms with Gasteiger partial charge in [0, 0.05) is 24.5 Å². The van der Waals surface area contributed by atoms with Gasteiger partial charge in [0.1, 0.15) is 18.7 Å². The molecule has 0 spiro atoms. The summed E-state index contributed by atoms with van der Waals surface area (Å²) < 4.78 is 10.6. The minimum absolute atomic E-state index is 0.00215. The molecule has 0 fully saturated rings. The summed E-state index contributed by atoms with van der Waals surface area (Å²) in [5.41, 5.74) is 8.38. The molecule has 3 atom stereocenters. The number of hydrogen-bond acceptors (Lipinski definition) is 8.